The molecule has 6 nitrogen and oxygen atoms in total. The van der Waals surface area contributed by atoms with Gasteiger partial charge in [-0.05, 0) is 38.5 Å². The van der Waals surface area contributed by atoms with Gasteiger partial charge in [-0.25, -0.2) is 4.79 Å². The van der Waals surface area contributed by atoms with Gasteiger partial charge in [0.1, 0.15) is 11.6 Å². The van der Waals surface area contributed by atoms with Crippen LogP contribution in [-0.2, 0) is 19.2 Å². The van der Waals surface area contributed by atoms with E-state index in [1.807, 2.05) is 6.07 Å². The summed E-state index contributed by atoms with van der Waals surface area (Å²) in [6.45, 7) is 4.88. The molecule has 1 amide bonds. The first-order valence-electron chi connectivity index (χ1n) is 6.27. The Morgan fingerprint density at radius 3 is 2.67 bits per heavy atom. The van der Waals surface area contributed by atoms with Crippen molar-refractivity contribution in [1.29, 1.82) is 0 Å². The van der Waals surface area contributed by atoms with Gasteiger partial charge in [0.2, 0.25) is 0 Å². The first kappa shape index (κ1) is 16.3. The minimum Gasteiger partial charge on any atom is -0.443 e. The Bertz CT molecular complexity index is 653. The van der Waals surface area contributed by atoms with E-state index in [4.69, 9.17) is 8.92 Å². The number of carbonyl (C=O) groups excluding carboxylic acids is 1. The number of nitrogens with zero attached hydrogens (tertiary/aromatic N) is 1. The van der Waals surface area contributed by atoms with E-state index >= 15 is 0 Å². The van der Waals surface area contributed by atoms with Crippen molar-refractivity contribution in [2.75, 3.05) is 6.61 Å². The molecule has 1 aromatic carbocycles. The molecule has 0 aromatic heterocycles. The monoisotopic (exact) mass is 377 g/mol. The maximum Gasteiger partial charge on any atom is 0.426 e. The van der Waals surface area contributed by atoms with E-state index in [1.165, 1.54) is 0 Å². The van der Waals surface area contributed by atoms with Crippen molar-refractivity contribution in [3.05, 3.63) is 34.3 Å². The molecule has 1 heterocycles. The average molecular weight is 378 g/mol. The van der Waals surface area contributed by atoms with Crippen LogP contribution in [0, 0.1) is 0 Å². The first-order valence-corrected chi connectivity index (χ1v) is 8.43. The van der Waals surface area contributed by atoms with Gasteiger partial charge >= 0.3 is 16.4 Å². The molecule has 21 heavy (non-hydrogen) atoms. The number of hydrogen-bond acceptors (Lipinski definition) is 5. The van der Waals surface area contributed by atoms with E-state index in [2.05, 4.69) is 15.9 Å². The minimum absolute atomic E-state index is 0.127. The largest absolute Gasteiger partial charge is 0.443 e. The number of amides is 1. The van der Waals surface area contributed by atoms with Gasteiger partial charge in [0, 0.05) is 4.47 Å². The molecule has 0 N–H and O–H groups in total. The molecular formula is C13H16BrNO5S. The standard InChI is InChI=1S/C13H16BrNO5S/c1-13(2,3)20-12(16)15-11(8-19-21(15,17)18)9-5-4-6-10(14)7-9/h4-7,11H,8H2,1-3H3. The number of benzene rings is 1. The van der Waals surface area contributed by atoms with E-state index < -0.39 is 28.0 Å². The van der Waals surface area contributed by atoms with E-state index in [9.17, 15) is 13.2 Å². The van der Waals surface area contributed by atoms with Crippen molar-refractivity contribution in [3.63, 3.8) is 0 Å². The molecule has 1 atom stereocenters. The lowest BCUT2D eigenvalue weighted by atomic mass is 10.1. The predicted octanol–water partition coefficient (Wildman–Crippen LogP) is 3.00. The molecule has 0 bridgehead atoms. The molecule has 0 radical (unpaired) electrons. The molecule has 1 aliphatic rings. The van der Waals surface area contributed by atoms with Crippen molar-refractivity contribution in [2.24, 2.45) is 0 Å². The zero-order chi connectivity index (χ0) is 15.8. The summed E-state index contributed by atoms with van der Waals surface area (Å²) in [6.07, 6.45) is -0.940. The third-order valence-corrected chi connectivity index (χ3v) is 4.52. The highest BCUT2D eigenvalue weighted by molar-refractivity contribution is 9.10. The van der Waals surface area contributed by atoms with Gasteiger partial charge in [0.25, 0.3) is 0 Å². The van der Waals surface area contributed by atoms with Gasteiger partial charge in [-0.2, -0.15) is 12.7 Å². The maximum atomic E-state index is 12.2. The van der Waals surface area contributed by atoms with Crippen molar-refractivity contribution in [1.82, 2.24) is 4.31 Å². The molecule has 8 heteroatoms. The van der Waals surface area contributed by atoms with E-state index in [1.54, 1.807) is 39.0 Å². The minimum atomic E-state index is -4.13. The Labute approximate surface area is 132 Å². The van der Waals surface area contributed by atoms with Gasteiger partial charge < -0.3 is 4.74 Å². The summed E-state index contributed by atoms with van der Waals surface area (Å²) in [7, 11) is -4.13. The van der Waals surface area contributed by atoms with Gasteiger partial charge in [-0.15, -0.1) is 0 Å². The molecule has 1 saturated heterocycles. The summed E-state index contributed by atoms with van der Waals surface area (Å²) in [5.74, 6) is 0. The van der Waals surface area contributed by atoms with Crippen LogP contribution in [0.4, 0.5) is 4.79 Å². The normalized spacial score (nSPS) is 21.3. The Balaban J connectivity index is 2.36. The van der Waals surface area contributed by atoms with Crippen LogP contribution in [0.5, 0.6) is 0 Å². The van der Waals surface area contributed by atoms with E-state index in [0.29, 0.717) is 9.87 Å². The van der Waals surface area contributed by atoms with Gasteiger partial charge in [-0.3, -0.25) is 4.18 Å². The molecule has 0 spiro atoms. The van der Waals surface area contributed by atoms with E-state index in [0.717, 1.165) is 4.47 Å². The van der Waals surface area contributed by atoms with Crippen LogP contribution in [0.25, 0.3) is 0 Å². The molecule has 1 aliphatic heterocycles. The zero-order valence-electron chi connectivity index (χ0n) is 11.9. The first-order chi connectivity index (χ1) is 9.60. The fourth-order valence-electron chi connectivity index (χ4n) is 1.90. The van der Waals surface area contributed by atoms with Crippen LogP contribution in [0.3, 0.4) is 0 Å². The average Bonchev–Trinajstić information content (AvgIpc) is 2.62. The number of ether oxygens (including phenoxy) is 1. The summed E-state index contributed by atoms with van der Waals surface area (Å²) < 4.78 is 35.3. The third-order valence-electron chi connectivity index (χ3n) is 2.71. The van der Waals surface area contributed by atoms with Crippen molar-refractivity contribution < 1.29 is 22.1 Å². The number of rotatable bonds is 1. The Kier molecular flexibility index (Phi) is 4.32. The second-order valence-corrected chi connectivity index (χ2v) is 7.99. The second kappa shape index (κ2) is 5.58. The topological polar surface area (TPSA) is 72.9 Å². The van der Waals surface area contributed by atoms with Gasteiger partial charge in [0.15, 0.2) is 0 Å². The maximum absolute atomic E-state index is 12.2. The van der Waals surface area contributed by atoms with Crippen molar-refractivity contribution in [3.8, 4) is 0 Å². The smallest absolute Gasteiger partial charge is 0.426 e. The molecule has 1 fully saturated rings. The number of halogens is 1. The predicted molar refractivity (Wildman–Crippen MR) is 79.8 cm³/mol. The Morgan fingerprint density at radius 1 is 1.43 bits per heavy atom. The molecule has 0 aliphatic carbocycles. The highest BCUT2D eigenvalue weighted by Crippen LogP contribution is 2.34. The molecular weight excluding hydrogens is 362 g/mol. The summed E-state index contributed by atoms with van der Waals surface area (Å²) in [5.41, 5.74) is -0.145. The lowest BCUT2D eigenvalue weighted by Crippen LogP contribution is -2.39. The van der Waals surface area contributed by atoms with Crippen LogP contribution >= 0.6 is 15.9 Å². The van der Waals surface area contributed by atoms with Crippen LogP contribution in [0.1, 0.15) is 32.4 Å². The highest BCUT2D eigenvalue weighted by Gasteiger charge is 2.45. The zero-order valence-corrected chi connectivity index (χ0v) is 14.3. The Hall–Kier alpha value is -1.12. The van der Waals surface area contributed by atoms with Crippen molar-refractivity contribution >= 4 is 32.3 Å². The molecule has 0 saturated carbocycles. The summed E-state index contributed by atoms with van der Waals surface area (Å²) in [4.78, 5) is 12.2. The van der Waals surface area contributed by atoms with Crippen LogP contribution in [-0.4, -0.2) is 31.0 Å². The number of hydrogen-bond donors (Lipinski definition) is 0. The summed E-state index contributed by atoms with van der Waals surface area (Å²) in [5, 5.41) is 0. The van der Waals surface area contributed by atoms with Crippen LogP contribution in [0.15, 0.2) is 28.7 Å². The summed E-state index contributed by atoms with van der Waals surface area (Å²) in [6, 6.07) is 6.31. The SMILES string of the molecule is CC(C)(C)OC(=O)N1C(c2cccc(Br)c2)COS1(=O)=O. The second-order valence-electron chi connectivity index (χ2n) is 5.59. The molecule has 2 rings (SSSR count). The lowest BCUT2D eigenvalue weighted by molar-refractivity contribution is 0.0356. The number of carbonyl (C=O) groups is 1. The van der Waals surface area contributed by atoms with Gasteiger partial charge in [0.05, 0.1) is 6.61 Å². The quantitative estimate of drug-likeness (QED) is 0.751. The molecule has 116 valence electrons. The highest BCUT2D eigenvalue weighted by atomic mass is 79.9. The third kappa shape index (κ3) is 3.75. The van der Waals surface area contributed by atoms with E-state index in [-0.39, 0.29) is 6.61 Å². The van der Waals surface area contributed by atoms with Crippen molar-refractivity contribution in [2.45, 2.75) is 32.4 Å². The van der Waals surface area contributed by atoms with Crippen LogP contribution in [0.2, 0.25) is 0 Å². The van der Waals surface area contributed by atoms with Gasteiger partial charge in [-0.1, -0.05) is 28.1 Å². The molecule has 1 unspecified atom stereocenters. The fourth-order valence-corrected chi connectivity index (χ4v) is 3.45. The summed E-state index contributed by atoms with van der Waals surface area (Å²) >= 11 is 3.32. The van der Waals surface area contributed by atoms with Crippen LogP contribution < -0.4 is 0 Å². The fraction of sp³-hybridized carbons (Fsp3) is 0.462. The lowest BCUT2D eigenvalue weighted by Gasteiger charge is -2.26. The molecule has 1 aromatic rings. The Morgan fingerprint density at radius 2 is 2.10 bits per heavy atom.